The molecule has 2 aromatic rings. The Labute approximate surface area is 104 Å². The number of ether oxygens (including phenoxy) is 2. The number of aromatic nitrogens is 1. The molecule has 1 aromatic heterocycles. The zero-order valence-corrected chi connectivity index (χ0v) is 9.94. The minimum absolute atomic E-state index is 0.504. The number of nitrogens with two attached hydrogens (primary N) is 1. The van der Waals surface area contributed by atoms with E-state index in [1.807, 2.05) is 0 Å². The van der Waals surface area contributed by atoms with Gasteiger partial charge in [-0.15, -0.1) is 0 Å². The van der Waals surface area contributed by atoms with Crippen LogP contribution in [0.2, 0.25) is 5.02 Å². The summed E-state index contributed by atoms with van der Waals surface area (Å²) < 4.78 is 10.7. The van der Waals surface area contributed by atoms with E-state index in [1.165, 1.54) is 6.20 Å². The summed E-state index contributed by atoms with van der Waals surface area (Å²) in [6.07, 6.45) is 3.09. The number of rotatable bonds is 3. The fraction of sp³-hybridized carbons (Fsp3) is 0.0833. The summed E-state index contributed by atoms with van der Waals surface area (Å²) >= 11 is 5.81. The van der Waals surface area contributed by atoms with Crippen LogP contribution >= 0.6 is 11.6 Å². The summed E-state index contributed by atoms with van der Waals surface area (Å²) in [7, 11) is 1.58. The first-order chi connectivity index (χ1) is 8.19. The average Bonchev–Trinajstić information content (AvgIpc) is 2.32. The number of anilines is 1. The molecule has 2 N–H and O–H groups in total. The highest BCUT2D eigenvalue weighted by molar-refractivity contribution is 6.30. The highest BCUT2D eigenvalue weighted by atomic mass is 35.5. The number of nitrogen functional groups attached to an aromatic ring is 1. The van der Waals surface area contributed by atoms with Crippen molar-refractivity contribution in [3.63, 3.8) is 0 Å². The standard InChI is InChI=1S/C12H11ClN2O2/c1-16-9-2-3-11(14)12(5-9)17-10-4-8(13)6-15-7-10/h2-7H,14H2,1H3. The molecule has 0 fully saturated rings. The number of hydrogen-bond acceptors (Lipinski definition) is 4. The van der Waals surface area contributed by atoms with Gasteiger partial charge in [-0.25, -0.2) is 0 Å². The van der Waals surface area contributed by atoms with Gasteiger partial charge in [0.05, 0.1) is 24.0 Å². The molecule has 1 aromatic carbocycles. The van der Waals surface area contributed by atoms with Crippen LogP contribution < -0.4 is 15.2 Å². The Morgan fingerprint density at radius 3 is 2.71 bits per heavy atom. The van der Waals surface area contributed by atoms with Crippen LogP contribution in [0, 0.1) is 0 Å². The molecule has 5 heteroatoms. The van der Waals surface area contributed by atoms with Crippen molar-refractivity contribution >= 4 is 17.3 Å². The first-order valence-electron chi connectivity index (χ1n) is 4.91. The minimum Gasteiger partial charge on any atom is -0.497 e. The number of halogens is 1. The molecule has 17 heavy (non-hydrogen) atoms. The molecular weight excluding hydrogens is 240 g/mol. The number of methoxy groups -OCH3 is 1. The second-order valence-electron chi connectivity index (χ2n) is 3.34. The van der Waals surface area contributed by atoms with Crippen molar-refractivity contribution in [3.05, 3.63) is 41.7 Å². The van der Waals surface area contributed by atoms with E-state index in [2.05, 4.69) is 4.98 Å². The zero-order valence-electron chi connectivity index (χ0n) is 9.18. The molecule has 1 heterocycles. The lowest BCUT2D eigenvalue weighted by Gasteiger charge is -2.09. The van der Waals surface area contributed by atoms with E-state index in [9.17, 15) is 0 Å². The van der Waals surface area contributed by atoms with Crippen LogP contribution in [-0.2, 0) is 0 Å². The van der Waals surface area contributed by atoms with Gasteiger partial charge < -0.3 is 15.2 Å². The lowest BCUT2D eigenvalue weighted by molar-refractivity contribution is 0.409. The average molecular weight is 251 g/mol. The van der Waals surface area contributed by atoms with Crippen LogP contribution in [0.15, 0.2) is 36.7 Å². The molecule has 0 atom stereocenters. The van der Waals surface area contributed by atoms with E-state index in [1.54, 1.807) is 37.6 Å². The Morgan fingerprint density at radius 1 is 1.18 bits per heavy atom. The Bertz CT molecular complexity index is 532. The first-order valence-corrected chi connectivity index (χ1v) is 5.29. The predicted molar refractivity (Wildman–Crippen MR) is 66.7 cm³/mol. The van der Waals surface area contributed by atoms with E-state index >= 15 is 0 Å². The Morgan fingerprint density at radius 2 is 2.00 bits per heavy atom. The molecule has 0 aliphatic heterocycles. The van der Waals surface area contributed by atoms with Crippen molar-refractivity contribution < 1.29 is 9.47 Å². The van der Waals surface area contributed by atoms with Gasteiger partial charge in [-0.3, -0.25) is 4.98 Å². The number of hydrogen-bond donors (Lipinski definition) is 1. The van der Waals surface area contributed by atoms with Gasteiger partial charge in [0.15, 0.2) is 5.75 Å². The molecule has 4 nitrogen and oxygen atoms in total. The van der Waals surface area contributed by atoms with E-state index in [-0.39, 0.29) is 0 Å². The third kappa shape index (κ3) is 2.79. The van der Waals surface area contributed by atoms with Gasteiger partial charge in [0.25, 0.3) is 0 Å². The molecular formula is C12H11ClN2O2. The van der Waals surface area contributed by atoms with Crippen molar-refractivity contribution in [1.82, 2.24) is 4.98 Å². The van der Waals surface area contributed by atoms with Gasteiger partial charge in [-0.1, -0.05) is 11.6 Å². The van der Waals surface area contributed by atoms with E-state index in [4.69, 9.17) is 26.8 Å². The summed E-state index contributed by atoms with van der Waals surface area (Å²) in [6.45, 7) is 0. The van der Waals surface area contributed by atoms with Gasteiger partial charge in [0.2, 0.25) is 0 Å². The molecule has 0 bridgehead atoms. The van der Waals surface area contributed by atoms with Gasteiger partial charge >= 0.3 is 0 Å². The van der Waals surface area contributed by atoms with E-state index < -0.39 is 0 Å². The van der Waals surface area contributed by atoms with Crippen molar-refractivity contribution in [2.75, 3.05) is 12.8 Å². The maximum atomic E-state index is 5.81. The number of benzene rings is 1. The van der Waals surface area contributed by atoms with E-state index in [0.29, 0.717) is 28.0 Å². The Balaban J connectivity index is 2.29. The molecule has 0 saturated heterocycles. The first kappa shape index (κ1) is 11.5. The fourth-order valence-electron chi connectivity index (χ4n) is 1.31. The quantitative estimate of drug-likeness (QED) is 0.851. The van der Waals surface area contributed by atoms with Crippen molar-refractivity contribution in [2.24, 2.45) is 0 Å². The summed E-state index contributed by atoms with van der Waals surface area (Å²) in [5.41, 5.74) is 6.32. The topological polar surface area (TPSA) is 57.4 Å². The minimum atomic E-state index is 0.504. The van der Waals surface area contributed by atoms with Gasteiger partial charge in [-0.2, -0.15) is 0 Å². The molecule has 0 aliphatic rings. The molecule has 0 radical (unpaired) electrons. The third-order valence-corrected chi connectivity index (χ3v) is 2.34. The normalized spacial score (nSPS) is 10.0. The monoisotopic (exact) mass is 250 g/mol. The van der Waals surface area contributed by atoms with Crippen LogP contribution in [-0.4, -0.2) is 12.1 Å². The summed E-state index contributed by atoms with van der Waals surface area (Å²) in [5.74, 6) is 1.70. The second kappa shape index (κ2) is 4.93. The van der Waals surface area contributed by atoms with Crippen LogP contribution in [0.4, 0.5) is 5.69 Å². The van der Waals surface area contributed by atoms with Crippen LogP contribution in [0.5, 0.6) is 17.2 Å². The summed E-state index contributed by atoms with van der Waals surface area (Å²) in [6, 6.07) is 6.84. The number of nitrogens with zero attached hydrogens (tertiary/aromatic N) is 1. The smallest absolute Gasteiger partial charge is 0.154 e. The molecule has 88 valence electrons. The van der Waals surface area contributed by atoms with Crippen molar-refractivity contribution in [1.29, 1.82) is 0 Å². The summed E-state index contributed by atoms with van der Waals surface area (Å²) in [4.78, 5) is 3.92. The van der Waals surface area contributed by atoms with Crippen LogP contribution in [0.1, 0.15) is 0 Å². The predicted octanol–water partition coefficient (Wildman–Crippen LogP) is 3.12. The van der Waals surface area contributed by atoms with Crippen molar-refractivity contribution in [2.45, 2.75) is 0 Å². The maximum Gasteiger partial charge on any atom is 0.154 e. The lowest BCUT2D eigenvalue weighted by Crippen LogP contribution is -1.93. The zero-order chi connectivity index (χ0) is 12.3. The third-order valence-electron chi connectivity index (χ3n) is 2.13. The highest BCUT2D eigenvalue weighted by Crippen LogP contribution is 2.31. The molecule has 0 unspecified atom stereocenters. The van der Waals surface area contributed by atoms with Gasteiger partial charge in [0, 0.05) is 18.3 Å². The molecule has 0 spiro atoms. The van der Waals surface area contributed by atoms with Gasteiger partial charge in [-0.05, 0) is 12.1 Å². The largest absolute Gasteiger partial charge is 0.497 e. The highest BCUT2D eigenvalue weighted by Gasteiger charge is 2.05. The maximum absolute atomic E-state index is 5.81. The second-order valence-corrected chi connectivity index (χ2v) is 3.78. The van der Waals surface area contributed by atoms with Crippen LogP contribution in [0.25, 0.3) is 0 Å². The molecule has 0 aliphatic carbocycles. The number of pyridine rings is 1. The van der Waals surface area contributed by atoms with Gasteiger partial charge in [0.1, 0.15) is 11.5 Å². The lowest BCUT2D eigenvalue weighted by atomic mass is 10.3. The Hall–Kier alpha value is -1.94. The summed E-state index contributed by atoms with van der Waals surface area (Å²) in [5, 5.41) is 0.504. The fourth-order valence-corrected chi connectivity index (χ4v) is 1.47. The van der Waals surface area contributed by atoms with Crippen molar-refractivity contribution in [3.8, 4) is 17.2 Å². The molecule has 2 rings (SSSR count). The SMILES string of the molecule is COc1ccc(N)c(Oc2cncc(Cl)c2)c1. The van der Waals surface area contributed by atoms with Crippen LogP contribution in [0.3, 0.4) is 0 Å². The Kier molecular flexibility index (Phi) is 3.35. The molecule has 0 saturated carbocycles. The van der Waals surface area contributed by atoms with E-state index in [0.717, 1.165) is 0 Å². The molecule has 0 amide bonds.